The summed E-state index contributed by atoms with van der Waals surface area (Å²) >= 11 is 0. The van der Waals surface area contributed by atoms with E-state index in [2.05, 4.69) is 57.3 Å². The summed E-state index contributed by atoms with van der Waals surface area (Å²) in [5.74, 6) is 0. The fourth-order valence-electron chi connectivity index (χ4n) is 4.59. The fraction of sp³-hybridized carbons (Fsp3) is 0.542. The van der Waals surface area contributed by atoms with Gasteiger partial charge in [-0.2, -0.15) is 0 Å². The van der Waals surface area contributed by atoms with Crippen molar-refractivity contribution < 1.29 is 4.74 Å². The molecule has 1 saturated heterocycles. The van der Waals surface area contributed by atoms with Crippen LogP contribution < -0.4 is 0 Å². The van der Waals surface area contributed by atoms with Crippen LogP contribution in [0.5, 0.6) is 0 Å². The molecule has 4 heterocycles. The van der Waals surface area contributed by atoms with Crippen LogP contribution in [0.1, 0.15) is 44.9 Å². The van der Waals surface area contributed by atoms with Crippen LogP contribution in [0.2, 0.25) is 0 Å². The smallest absolute Gasteiger partial charge is 0.107 e. The number of hydrogen-bond acceptors (Lipinski definition) is 5. The predicted molar refractivity (Wildman–Crippen MR) is 119 cm³/mol. The first-order chi connectivity index (χ1) is 14.4. The minimum Gasteiger partial charge on any atom is -0.381 e. The molecule has 0 saturated carbocycles. The summed E-state index contributed by atoms with van der Waals surface area (Å²) in [7, 11) is 0. The van der Waals surface area contributed by atoms with Crippen LogP contribution in [-0.4, -0.2) is 50.7 Å². The van der Waals surface area contributed by atoms with Crippen LogP contribution in [0.4, 0.5) is 0 Å². The normalized spacial score (nSPS) is 20.3. The highest BCUT2D eigenvalue weighted by atomic mass is 16.5. The Kier molecular flexibility index (Phi) is 5.89. The first-order valence-electron chi connectivity index (χ1n) is 10.9. The van der Waals surface area contributed by atoms with Crippen molar-refractivity contribution in [3.05, 3.63) is 54.4 Å². The molecule has 160 valence electrons. The summed E-state index contributed by atoms with van der Waals surface area (Å²) < 4.78 is 8.24. The lowest BCUT2D eigenvalue weighted by Gasteiger charge is -2.38. The fourth-order valence-corrected chi connectivity index (χ4v) is 4.59. The number of likely N-dealkylation sites (tertiary alicyclic amines) is 1. The number of ether oxygens (including phenoxy) is 1. The molecule has 0 aliphatic carbocycles. The molecule has 0 amide bonds. The molecule has 4 rings (SSSR count). The summed E-state index contributed by atoms with van der Waals surface area (Å²) in [6.07, 6.45) is 9.85. The minimum atomic E-state index is -0.0535. The van der Waals surface area contributed by atoms with Gasteiger partial charge in [0.05, 0.1) is 24.6 Å². The number of pyridine rings is 2. The van der Waals surface area contributed by atoms with Gasteiger partial charge in [-0.25, -0.2) is 4.98 Å². The van der Waals surface area contributed by atoms with Gasteiger partial charge in [-0.3, -0.25) is 14.9 Å². The number of imidazole rings is 1. The molecular formula is C24H33N5O. The van der Waals surface area contributed by atoms with Gasteiger partial charge in [-0.05, 0) is 64.8 Å². The Balaban J connectivity index is 1.51. The zero-order chi connectivity index (χ0) is 21.2. The number of aromatic nitrogens is 4. The van der Waals surface area contributed by atoms with Gasteiger partial charge in [0.15, 0.2) is 0 Å². The molecule has 0 bridgehead atoms. The van der Waals surface area contributed by atoms with Gasteiger partial charge in [-0.15, -0.1) is 0 Å². The van der Waals surface area contributed by atoms with Crippen molar-refractivity contribution in [2.45, 2.75) is 52.6 Å². The standard InChI is InChI=1S/C24H33N5O/c1-5-30-17-24(9-12-28-18-27-21-15-25-11-8-22(21)28)10-13-29(16-24)23(3,4)20-7-6-19(2)26-14-20/h6-8,11,14-15,18H,5,9-10,12-13,16-17H2,1-4H3. The van der Waals surface area contributed by atoms with E-state index in [1.165, 1.54) is 5.56 Å². The third-order valence-corrected chi connectivity index (χ3v) is 6.77. The van der Waals surface area contributed by atoms with Crippen LogP contribution >= 0.6 is 0 Å². The van der Waals surface area contributed by atoms with Crippen molar-refractivity contribution in [2.24, 2.45) is 5.41 Å². The lowest BCUT2D eigenvalue weighted by Crippen LogP contribution is -2.42. The van der Waals surface area contributed by atoms with Crippen LogP contribution in [0.15, 0.2) is 43.1 Å². The summed E-state index contributed by atoms with van der Waals surface area (Å²) in [5, 5.41) is 0. The average molecular weight is 408 g/mol. The molecule has 1 aliphatic heterocycles. The summed E-state index contributed by atoms with van der Waals surface area (Å²) in [6, 6.07) is 6.38. The van der Waals surface area contributed by atoms with E-state index >= 15 is 0 Å². The molecule has 0 aromatic carbocycles. The molecule has 3 aromatic rings. The Morgan fingerprint density at radius 2 is 2.03 bits per heavy atom. The molecule has 1 atom stereocenters. The number of nitrogens with zero attached hydrogens (tertiary/aromatic N) is 5. The van der Waals surface area contributed by atoms with Crippen molar-refractivity contribution in [3.8, 4) is 0 Å². The van der Waals surface area contributed by atoms with Gasteiger partial charge >= 0.3 is 0 Å². The Morgan fingerprint density at radius 3 is 2.80 bits per heavy atom. The number of hydrogen-bond donors (Lipinski definition) is 0. The highest BCUT2D eigenvalue weighted by molar-refractivity contribution is 5.73. The Bertz CT molecular complexity index is 981. The molecule has 3 aromatic heterocycles. The SMILES string of the molecule is CCOCC1(CCn2cnc3cnccc32)CCN(C(C)(C)c2ccc(C)nc2)C1. The predicted octanol–water partition coefficient (Wildman–Crippen LogP) is 4.19. The minimum absolute atomic E-state index is 0.0535. The molecule has 6 heteroatoms. The number of rotatable bonds is 8. The van der Waals surface area contributed by atoms with Gasteiger partial charge < -0.3 is 9.30 Å². The number of fused-ring (bicyclic) bond motifs is 1. The number of aryl methyl sites for hydroxylation is 2. The van der Waals surface area contributed by atoms with Crippen molar-refractivity contribution in [1.29, 1.82) is 0 Å². The maximum atomic E-state index is 5.99. The van der Waals surface area contributed by atoms with E-state index < -0.39 is 0 Å². The van der Waals surface area contributed by atoms with Crippen molar-refractivity contribution in [3.63, 3.8) is 0 Å². The van der Waals surface area contributed by atoms with Crippen molar-refractivity contribution in [2.75, 3.05) is 26.3 Å². The Morgan fingerprint density at radius 1 is 1.17 bits per heavy atom. The Labute approximate surface area is 179 Å². The second kappa shape index (κ2) is 8.44. The third kappa shape index (κ3) is 4.12. The van der Waals surface area contributed by atoms with Crippen molar-refractivity contribution in [1.82, 2.24) is 24.4 Å². The van der Waals surface area contributed by atoms with E-state index in [-0.39, 0.29) is 11.0 Å². The second-order valence-electron chi connectivity index (χ2n) is 9.11. The highest BCUT2D eigenvalue weighted by Crippen LogP contribution is 2.41. The van der Waals surface area contributed by atoms with Crippen LogP contribution in [0.25, 0.3) is 11.0 Å². The van der Waals surface area contributed by atoms with Gasteiger partial charge in [0.1, 0.15) is 5.52 Å². The van der Waals surface area contributed by atoms with E-state index in [1.807, 2.05) is 37.9 Å². The highest BCUT2D eigenvalue weighted by Gasteiger charge is 2.43. The molecule has 6 nitrogen and oxygen atoms in total. The topological polar surface area (TPSA) is 56.1 Å². The summed E-state index contributed by atoms with van der Waals surface area (Å²) in [6.45, 7) is 13.3. The molecule has 0 N–H and O–H groups in total. The lowest BCUT2D eigenvalue weighted by atomic mass is 9.84. The third-order valence-electron chi connectivity index (χ3n) is 6.77. The first-order valence-corrected chi connectivity index (χ1v) is 10.9. The molecule has 0 radical (unpaired) electrons. The molecule has 0 spiro atoms. The van der Waals surface area contributed by atoms with Crippen LogP contribution in [0, 0.1) is 12.3 Å². The van der Waals surface area contributed by atoms with Gasteiger partial charge in [0, 0.05) is 48.7 Å². The monoisotopic (exact) mass is 407 g/mol. The van der Waals surface area contributed by atoms with E-state index in [4.69, 9.17) is 4.74 Å². The largest absolute Gasteiger partial charge is 0.381 e. The molecule has 1 aliphatic rings. The summed E-state index contributed by atoms with van der Waals surface area (Å²) in [5.41, 5.74) is 4.53. The quantitative estimate of drug-likeness (QED) is 0.560. The molecule has 1 unspecified atom stereocenters. The molecule has 30 heavy (non-hydrogen) atoms. The van der Waals surface area contributed by atoms with E-state index in [0.717, 1.165) is 62.4 Å². The first kappa shape index (κ1) is 20.9. The average Bonchev–Trinajstić information content (AvgIpc) is 3.37. The maximum Gasteiger partial charge on any atom is 0.107 e. The van der Waals surface area contributed by atoms with Gasteiger partial charge in [0.2, 0.25) is 0 Å². The molecule has 1 fully saturated rings. The van der Waals surface area contributed by atoms with Crippen LogP contribution in [0.3, 0.4) is 0 Å². The zero-order valence-electron chi connectivity index (χ0n) is 18.6. The Hall–Kier alpha value is -2.31. The van der Waals surface area contributed by atoms with Crippen molar-refractivity contribution >= 4 is 11.0 Å². The summed E-state index contributed by atoms with van der Waals surface area (Å²) in [4.78, 5) is 15.8. The van der Waals surface area contributed by atoms with E-state index in [1.54, 1.807) is 0 Å². The van der Waals surface area contributed by atoms with Gasteiger partial charge in [0.25, 0.3) is 0 Å². The van der Waals surface area contributed by atoms with Crippen LogP contribution in [-0.2, 0) is 16.8 Å². The zero-order valence-corrected chi connectivity index (χ0v) is 18.6. The second-order valence-corrected chi connectivity index (χ2v) is 9.11. The van der Waals surface area contributed by atoms with E-state index in [9.17, 15) is 0 Å². The maximum absolute atomic E-state index is 5.99. The van der Waals surface area contributed by atoms with Gasteiger partial charge in [-0.1, -0.05) is 6.07 Å². The molecular weight excluding hydrogens is 374 g/mol. The van der Waals surface area contributed by atoms with E-state index in [0.29, 0.717) is 0 Å². The lowest BCUT2D eigenvalue weighted by molar-refractivity contribution is 0.0360.